The van der Waals surface area contributed by atoms with Gasteiger partial charge in [-0.15, -0.1) is 11.8 Å². The second-order valence-electron chi connectivity index (χ2n) is 4.20. The SMILES string of the molecule is COCCOCCOCCSc1c(F)c(F)c(SOO[O-])c(F)c1F. The first-order chi connectivity index (χ1) is 12.0. The molecule has 0 aromatic heterocycles. The van der Waals surface area contributed by atoms with E-state index in [0.29, 0.717) is 31.6 Å². The van der Waals surface area contributed by atoms with E-state index >= 15 is 0 Å². The molecular formula is C13H15F4O6S2-. The smallest absolute Gasteiger partial charge is 0.179 e. The summed E-state index contributed by atoms with van der Waals surface area (Å²) in [5.41, 5.74) is 0. The van der Waals surface area contributed by atoms with Gasteiger partial charge < -0.3 is 19.5 Å². The molecular weight excluding hydrogens is 392 g/mol. The molecule has 1 aromatic carbocycles. The Morgan fingerprint density at radius 3 is 1.88 bits per heavy atom. The number of ether oxygens (including phenoxy) is 3. The van der Waals surface area contributed by atoms with Crippen LogP contribution in [0.2, 0.25) is 0 Å². The van der Waals surface area contributed by atoms with Gasteiger partial charge in [-0.05, 0) is 0 Å². The van der Waals surface area contributed by atoms with E-state index < -0.39 is 33.1 Å². The zero-order valence-electron chi connectivity index (χ0n) is 13.0. The molecule has 0 N–H and O–H groups in total. The summed E-state index contributed by atoms with van der Waals surface area (Å²) < 4.78 is 73.8. The van der Waals surface area contributed by atoms with Gasteiger partial charge in [0.2, 0.25) is 0 Å². The Balaban J connectivity index is 2.48. The molecule has 0 aliphatic carbocycles. The van der Waals surface area contributed by atoms with Crippen LogP contribution >= 0.6 is 23.8 Å². The molecule has 0 heterocycles. The van der Waals surface area contributed by atoms with Crippen LogP contribution in [0.15, 0.2) is 9.79 Å². The number of thioether (sulfide) groups is 1. The normalized spacial score (nSPS) is 11.3. The number of methoxy groups -OCH3 is 1. The minimum Gasteiger partial charge on any atom is -0.691 e. The van der Waals surface area contributed by atoms with E-state index in [1.807, 2.05) is 0 Å². The molecule has 144 valence electrons. The monoisotopic (exact) mass is 407 g/mol. The van der Waals surface area contributed by atoms with Crippen molar-refractivity contribution < 1.29 is 46.4 Å². The van der Waals surface area contributed by atoms with Crippen LogP contribution < -0.4 is 5.26 Å². The van der Waals surface area contributed by atoms with E-state index in [4.69, 9.17) is 14.2 Å². The Kier molecular flexibility index (Phi) is 11.4. The predicted octanol–water partition coefficient (Wildman–Crippen LogP) is 2.25. The largest absolute Gasteiger partial charge is 0.691 e. The Bertz CT molecular complexity index is 509. The van der Waals surface area contributed by atoms with E-state index in [2.05, 4.69) is 9.37 Å². The molecule has 25 heavy (non-hydrogen) atoms. The third-order valence-corrected chi connectivity index (χ3v) is 4.27. The average molecular weight is 407 g/mol. The van der Waals surface area contributed by atoms with Crippen molar-refractivity contribution in [2.45, 2.75) is 9.79 Å². The summed E-state index contributed by atoms with van der Waals surface area (Å²) in [4.78, 5) is -1.98. The molecule has 0 atom stereocenters. The van der Waals surface area contributed by atoms with Crippen molar-refractivity contribution >= 4 is 23.8 Å². The molecule has 0 aliphatic heterocycles. The fourth-order valence-electron chi connectivity index (χ4n) is 1.51. The number of rotatable bonds is 13. The van der Waals surface area contributed by atoms with Gasteiger partial charge in [-0.1, -0.05) is 0 Å². The lowest BCUT2D eigenvalue weighted by molar-refractivity contribution is -0.777. The van der Waals surface area contributed by atoms with Gasteiger partial charge in [0.05, 0.1) is 50.0 Å². The zero-order valence-corrected chi connectivity index (χ0v) is 14.7. The molecule has 1 rings (SSSR count). The lowest BCUT2D eigenvalue weighted by atomic mass is 10.3. The molecule has 1 aromatic rings. The predicted molar refractivity (Wildman–Crippen MR) is 78.5 cm³/mol. The molecule has 0 aliphatic rings. The van der Waals surface area contributed by atoms with Crippen LogP contribution in [-0.2, 0) is 23.6 Å². The van der Waals surface area contributed by atoms with E-state index in [1.54, 1.807) is 0 Å². The van der Waals surface area contributed by atoms with Crippen LogP contribution in [-0.4, -0.2) is 45.9 Å². The minimum atomic E-state index is -1.68. The molecule has 0 saturated heterocycles. The van der Waals surface area contributed by atoms with Crippen molar-refractivity contribution in [3.05, 3.63) is 23.3 Å². The highest BCUT2D eigenvalue weighted by Crippen LogP contribution is 2.36. The Morgan fingerprint density at radius 2 is 1.32 bits per heavy atom. The van der Waals surface area contributed by atoms with E-state index in [9.17, 15) is 22.8 Å². The van der Waals surface area contributed by atoms with Crippen molar-refractivity contribution in [2.24, 2.45) is 0 Å². The van der Waals surface area contributed by atoms with E-state index in [-0.39, 0.29) is 31.0 Å². The highest BCUT2D eigenvalue weighted by atomic mass is 32.2. The molecule has 0 saturated carbocycles. The van der Waals surface area contributed by atoms with Gasteiger partial charge in [0.1, 0.15) is 4.90 Å². The zero-order chi connectivity index (χ0) is 18.7. The standard InChI is InChI=1S/C13H16F4O6S2/c1-19-2-3-20-4-5-21-6-7-24-12-8(14)10(16)13(25-23-22-18)11(17)9(12)15/h18H,2-7H2,1H3/p-1. The van der Waals surface area contributed by atoms with Gasteiger partial charge in [-0.2, -0.15) is 4.33 Å². The molecule has 0 bridgehead atoms. The number of hydrogen-bond acceptors (Lipinski definition) is 8. The van der Waals surface area contributed by atoms with Gasteiger partial charge >= 0.3 is 0 Å². The second-order valence-corrected chi connectivity index (χ2v) is 6.02. The van der Waals surface area contributed by atoms with Gasteiger partial charge in [-0.25, -0.2) is 17.6 Å². The highest BCUT2D eigenvalue weighted by molar-refractivity contribution is 7.99. The molecule has 0 unspecified atom stereocenters. The van der Waals surface area contributed by atoms with E-state index in [0.717, 1.165) is 0 Å². The summed E-state index contributed by atoms with van der Waals surface area (Å²) in [5.74, 6) is -6.50. The minimum absolute atomic E-state index is 0.0530. The Labute approximate surface area is 149 Å². The van der Waals surface area contributed by atoms with Crippen molar-refractivity contribution in [1.29, 1.82) is 0 Å². The van der Waals surface area contributed by atoms with Crippen molar-refractivity contribution in [1.82, 2.24) is 0 Å². The maximum Gasteiger partial charge on any atom is 0.179 e. The van der Waals surface area contributed by atoms with Crippen molar-refractivity contribution in [3.8, 4) is 0 Å². The maximum atomic E-state index is 13.8. The third-order valence-electron chi connectivity index (χ3n) is 2.61. The maximum absolute atomic E-state index is 13.8. The first kappa shape index (κ1) is 22.4. The molecule has 0 radical (unpaired) electrons. The highest BCUT2D eigenvalue weighted by Gasteiger charge is 2.26. The molecule has 0 spiro atoms. The van der Waals surface area contributed by atoms with Crippen LogP contribution in [0.25, 0.3) is 0 Å². The van der Waals surface area contributed by atoms with Crippen LogP contribution in [0.1, 0.15) is 0 Å². The number of benzene rings is 1. The van der Waals surface area contributed by atoms with Crippen LogP contribution in [0.3, 0.4) is 0 Å². The summed E-state index contributed by atoms with van der Waals surface area (Å²) >= 11 is 0.280. The first-order valence-corrected chi connectivity index (χ1v) is 8.53. The lowest BCUT2D eigenvalue weighted by Gasteiger charge is -2.11. The Morgan fingerprint density at radius 1 is 0.800 bits per heavy atom. The first-order valence-electron chi connectivity index (χ1n) is 6.80. The van der Waals surface area contributed by atoms with Gasteiger partial charge in [0.15, 0.2) is 23.3 Å². The van der Waals surface area contributed by atoms with Crippen LogP contribution in [0.5, 0.6) is 0 Å². The number of halogens is 4. The van der Waals surface area contributed by atoms with Gasteiger partial charge in [0, 0.05) is 12.9 Å². The summed E-state index contributed by atoms with van der Waals surface area (Å²) in [5, 5.41) is 12.6. The van der Waals surface area contributed by atoms with E-state index in [1.165, 1.54) is 7.11 Å². The molecule has 6 nitrogen and oxygen atoms in total. The lowest BCUT2D eigenvalue weighted by Crippen LogP contribution is -2.10. The molecule has 0 fully saturated rings. The fourth-order valence-corrected chi connectivity index (χ4v) is 2.77. The summed E-state index contributed by atoms with van der Waals surface area (Å²) in [6.45, 7) is 1.51. The fraction of sp³-hybridized carbons (Fsp3) is 0.538. The van der Waals surface area contributed by atoms with Crippen molar-refractivity contribution in [2.75, 3.05) is 45.9 Å². The summed E-state index contributed by atoms with van der Waals surface area (Å²) in [6, 6.07) is 0. The average Bonchev–Trinajstić information content (AvgIpc) is 2.61. The quantitative estimate of drug-likeness (QED) is 0.0938. The second kappa shape index (κ2) is 12.7. The molecule has 0 amide bonds. The summed E-state index contributed by atoms with van der Waals surface area (Å²) in [7, 11) is 1.54. The summed E-state index contributed by atoms with van der Waals surface area (Å²) in [6.07, 6.45) is 0. The topological polar surface area (TPSA) is 69.2 Å². The van der Waals surface area contributed by atoms with Gasteiger partial charge in [0.25, 0.3) is 0 Å². The Hall–Kier alpha value is -0.600. The third kappa shape index (κ3) is 7.27. The molecule has 12 heteroatoms. The van der Waals surface area contributed by atoms with Crippen molar-refractivity contribution in [3.63, 3.8) is 0 Å². The number of hydrogen-bond donors (Lipinski definition) is 0. The van der Waals surface area contributed by atoms with Gasteiger partial charge in [-0.3, -0.25) is 5.04 Å². The van der Waals surface area contributed by atoms with Crippen LogP contribution in [0, 0.1) is 23.3 Å². The van der Waals surface area contributed by atoms with Crippen LogP contribution in [0.4, 0.5) is 17.6 Å².